The van der Waals surface area contributed by atoms with Gasteiger partial charge in [-0.2, -0.15) is 5.10 Å². The van der Waals surface area contributed by atoms with E-state index in [0.29, 0.717) is 0 Å². The van der Waals surface area contributed by atoms with Gasteiger partial charge in [-0.15, -0.1) is 0 Å². The van der Waals surface area contributed by atoms with E-state index in [2.05, 4.69) is 14.9 Å². The molecule has 0 aliphatic heterocycles. The van der Waals surface area contributed by atoms with Gasteiger partial charge < -0.3 is 9.84 Å². The number of rotatable bonds is 7. The van der Waals surface area contributed by atoms with E-state index in [9.17, 15) is 13.2 Å². The average Bonchev–Trinajstić information content (AvgIpc) is 2.64. The van der Waals surface area contributed by atoms with Crippen LogP contribution >= 0.6 is 0 Å². The Morgan fingerprint density at radius 3 is 2.78 bits per heavy atom. The lowest BCUT2D eigenvalue weighted by Crippen LogP contribution is -2.21. The molecule has 0 unspecified atom stereocenters. The summed E-state index contributed by atoms with van der Waals surface area (Å²) in [6.45, 7) is 3.66. The largest absolute Gasteiger partial charge is 0.477 e. The summed E-state index contributed by atoms with van der Waals surface area (Å²) in [6.07, 6.45) is -0.0517. The first-order valence-corrected chi connectivity index (χ1v) is 6.86. The third-order valence-electron chi connectivity index (χ3n) is 1.87. The van der Waals surface area contributed by atoms with Crippen molar-refractivity contribution in [3.8, 4) is 0 Å². The normalized spacial score (nSPS) is 11.7. The van der Waals surface area contributed by atoms with Crippen molar-refractivity contribution in [1.29, 1.82) is 0 Å². The molecule has 3 N–H and O–H groups in total. The fourth-order valence-corrected chi connectivity index (χ4v) is 1.93. The number of anilines is 1. The van der Waals surface area contributed by atoms with Crippen LogP contribution in [-0.4, -0.2) is 48.2 Å². The van der Waals surface area contributed by atoms with Crippen LogP contribution in [0.2, 0.25) is 0 Å². The maximum absolute atomic E-state index is 11.6. The van der Waals surface area contributed by atoms with Crippen LogP contribution in [0.1, 0.15) is 24.3 Å². The van der Waals surface area contributed by atoms with Crippen LogP contribution in [0.4, 0.5) is 5.82 Å². The number of aromatic nitrogens is 2. The molecule has 8 nitrogen and oxygen atoms in total. The van der Waals surface area contributed by atoms with Gasteiger partial charge in [0.05, 0.1) is 18.5 Å². The lowest BCUT2D eigenvalue weighted by molar-refractivity contribution is 0.0690. The van der Waals surface area contributed by atoms with Crippen molar-refractivity contribution in [3.05, 3.63) is 11.8 Å². The molecule has 18 heavy (non-hydrogen) atoms. The van der Waals surface area contributed by atoms with E-state index in [1.54, 1.807) is 13.8 Å². The topological polar surface area (TPSA) is 121 Å². The molecule has 102 valence electrons. The standard InChI is InChI=1S/C9H15N3O5S/c1-6(2)17-3-4-18(15,16)12-8-5-7(9(13)14)10-11-8/h5-6H,3-4H2,1-2H3,(H,13,14)(H2,10,11,12). The minimum absolute atomic E-state index is 0.0517. The van der Waals surface area contributed by atoms with E-state index in [0.717, 1.165) is 6.07 Å². The number of carbonyl (C=O) groups is 1. The van der Waals surface area contributed by atoms with Gasteiger partial charge in [-0.1, -0.05) is 0 Å². The highest BCUT2D eigenvalue weighted by Crippen LogP contribution is 2.07. The number of nitrogens with one attached hydrogen (secondary N) is 2. The van der Waals surface area contributed by atoms with Crippen LogP contribution in [-0.2, 0) is 14.8 Å². The molecule has 0 amide bonds. The van der Waals surface area contributed by atoms with Crippen molar-refractivity contribution < 1.29 is 23.1 Å². The first kappa shape index (κ1) is 14.5. The second kappa shape index (κ2) is 5.83. The van der Waals surface area contributed by atoms with E-state index in [-0.39, 0.29) is 30.0 Å². The zero-order chi connectivity index (χ0) is 13.8. The highest BCUT2D eigenvalue weighted by molar-refractivity contribution is 7.92. The summed E-state index contributed by atoms with van der Waals surface area (Å²) in [6, 6.07) is 1.10. The first-order chi connectivity index (χ1) is 8.30. The molecular weight excluding hydrogens is 262 g/mol. The molecule has 1 rings (SSSR count). The number of hydrogen-bond donors (Lipinski definition) is 3. The fraction of sp³-hybridized carbons (Fsp3) is 0.556. The zero-order valence-electron chi connectivity index (χ0n) is 10.0. The van der Waals surface area contributed by atoms with Gasteiger partial charge in [0.15, 0.2) is 5.82 Å². The number of aromatic amines is 1. The van der Waals surface area contributed by atoms with Gasteiger partial charge in [0.25, 0.3) is 0 Å². The predicted molar refractivity (Wildman–Crippen MR) is 64.0 cm³/mol. The summed E-state index contributed by atoms with van der Waals surface area (Å²) in [7, 11) is -3.59. The number of carboxylic acids is 1. The minimum Gasteiger partial charge on any atom is -0.477 e. The minimum atomic E-state index is -3.59. The van der Waals surface area contributed by atoms with Crippen LogP contribution in [0.3, 0.4) is 0 Å². The van der Waals surface area contributed by atoms with Gasteiger partial charge in [-0.25, -0.2) is 13.2 Å². The predicted octanol–water partition coefficient (Wildman–Crippen LogP) is 0.275. The number of aromatic carboxylic acids is 1. The van der Waals surface area contributed by atoms with Crippen molar-refractivity contribution in [2.24, 2.45) is 0 Å². The number of nitrogens with zero attached hydrogens (tertiary/aromatic N) is 1. The zero-order valence-corrected chi connectivity index (χ0v) is 10.8. The smallest absolute Gasteiger partial charge is 0.353 e. The number of carboxylic acid groups (broad SMARTS) is 1. The van der Waals surface area contributed by atoms with Crippen molar-refractivity contribution in [1.82, 2.24) is 10.2 Å². The Labute approximate surface area is 104 Å². The number of hydrogen-bond acceptors (Lipinski definition) is 5. The number of H-pyrrole nitrogens is 1. The SMILES string of the molecule is CC(C)OCCS(=O)(=O)Nc1cc(C(=O)O)[nH]n1. The summed E-state index contributed by atoms with van der Waals surface area (Å²) >= 11 is 0. The average molecular weight is 277 g/mol. The van der Waals surface area contributed by atoms with E-state index in [4.69, 9.17) is 9.84 Å². The Morgan fingerprint density at radius 1 is 1.61 bits per heavy atom. The summed E-state index contributed by atoms with van der Waals surface area (Å²) < 4.78 is 30.4. The quantitative estimate of drug-likeness (QED) is 0.658. The molecule has 0 aliphatic rings. The molecule has 0 radical (unpaired) electrons. The first-order valence-electron chi connectivity index (χ1n) is 5.21. The number of sulfonamides is 1. The number of ether oxygens (including phenoxy) is 1. The summed E-state index contributed by atoms with van der Waals surface area (Å²) in [5.41, 5.74) is -0.189. The Morgan fingerprint density at radius 2 is 2.28 bits per heavy atom. The fourth-order valence-electron chi connectivity index (χ4n) is 1.09. The highest BCUT2D eigenvalue weighted by Gasteiger charge is 2.14. The molecule has 1 heterocycles. The van der Waals surface area contributed by atoms with Crippen molar-refractivity contribution in [3.63, 3.8) is 0 Å². The molecule has 0 saturated carbocycles. The van der Waals surface area contributed by atoms with Crippen LogP contribution in [0.15, 0.2) is 6.07 Å². The van der Waals surface area contributed by atoms with Crippen LogP contribution in [0.5, 0.6) is 0 Å². The molecule has 0 atom stereocenters. The Bertz CT molecular complexity index is 508. The second-order valence-corrected chi connectivity index (χ2v) is 5.65. The lowest BCUT2D eigenvalue weighted by atomic mass is 10.4. The second-order valence-electron chi connectivity index (χ2n) is 3.81. The lowest BCUT2D eigenvalue weighted by Gasteiger charge is -2.08. The molecule has 0 bridgehead atoms. The highest BCUT2D eigenvalue weighted by atomic mass is 32.2. The van der Waals surface area contributed by atoms with Crippen LogP contribution < -0.4 is 4.72 Å². The van der Waals surface area contributed by atoms with Crippen molar-refractivity contribution >= 4 is 21.8 Å². The molecule has 0 spiro atoms. The van der Waals surface area contributed by atoms with Gasteiger partial charge >= 0.3 is 5.97 Å². The van der Waals surface area contributed by atoms with E-state index < -0.39 is 16.0 Å². The summed E-state index contributed by atoms with van der Waals surface area (Å²) in [4.78, 5) is 10.6. The monoisotopic (exact) mass is 277 g/mol. The summed E-state index contributed by atoms with van der Waals surface area (Å²) in [5, 5.41) is 14.4. The molecule has 1 aromatic rings. The molecule has 0 aliphatic carbocycles. The summed E-state index contributed by atoms with van der Waals surface area (Å²) in [5.74, 6) is -1.49. The van der Waals surface area contributed by atoms with Gasteiger partial charge in [-0.05, 0) is 13.8 Å². The molecule has 0 saturated heterocycles. The van der Waals surface area contributed by atoms with Crippen molar-refractivity contribution in [2.75, 3.05) is 17.1 Å². The van der Waals surface area contributed by atoms with Crippen molar-refractivity contribution in [2.45, 2.75) is 20.0 Å². The maximum Gasteiger partial charge on any atom is 0.353 e. The van der Waals surface area contributed by atoms with Gasteiger partial charge in [-0.3, -0.25) is 9.82 Å². The van der Waals surface area contributed by atoms with Crippen LogP contribution in [0, 0.1) is 0 Å². The molecule has 1 aromatic heterocycles. The Balaban J connectivity index is 2.56. The molecule has 0 aromatic carbocycles. The van der Waals surface area contributed by atoms with E-state index in [1.165, 1.54) is 0 Å². The van der Waals surface area contributed by atoms with E-state index >= 15 is 0 Å². The third kappa shape index (κ3) is 4.72. The molecule has 9 heteroatoms. The Hall–Kier alpha value is -1.61. The third-order valence-corrected chi connectivity index (χ3v) is 3.10. The Kier molecular flexibility index (Phi) is 4.68. The van der Waals surface area contributed by atoms with Gasteiger partial charge in [0.1, 0.15) is 5.69 Å². The van der Waals surface area contributed by atoms with Crippen LogP contribution in [0.25, 0.3) is 0 Å². The van der Waals surface area contributed by atoms with Gasteiger partial charge in [0, 0.05) is 6.07 Å². The molecule has 0 fully saturated rings. The van der Waals surface area contributed by atoms with Gasteiger partial charge in [0.2, 0.25) is 10.0 Å². The molecular formula is C9H15N3O5S. The van der Waals surface area contributed by atoms with E-state index in [1.807, 2.05) is 0 Å². The maximum atomic E-state index is 11.6.